The van der Waals surface area contributed by atoms with Crippen LogP contribution in [-0.4, -0.2) is 42.1 Å². The van der Waals surface area contributed by atoms with Crippen molar-refractivity contribution in [3.05, 3.63) is 89.0 Å². The highest BCUT2D eigenvalue weighted by Crippen LogP contribution is 2.33. The fourth-order valence-electron chi connectivity index (χ4n) is 5.14. The largest absolute Gasteiger partial charge is 0.573 e. The first-order chi connectivity index (χ1) is 19.1. The molecule has 0 radical (unpaired) electrons. The summed E-state index contributed by atoms with van der Waals surface area (Å²) in [6.45, 7) is 3.20. The van der Waals surface area contributed by atoms with E-state index in [1.165, 1.54) is 18.2 Å². The first-order valence-electron chi connectivity index (χ1n) is 12.8. The minimum atomic E-state index is -4.73. The second-order valence-corrected chi connectivity index (χ2v) is 9.70. The summed E-state index contributed by atoms with van der Waals surface area (Å²) in [6.07, 6.45) is -1.61. The highest BCUT2D eigenvalue weighted by Gasteiger charge is 2.31. The fraction of sp³-hybridized carbons (Fsp3) is 0.310. The molecule has 5 rings (SSSR count). The number of fused-ring (bicyclic) bond motifs is 1. The molecular weight excluding hydrogens is 564 g/mol. The molecule has 7 nitrogen and oxygen atoms in total. The Bertz CT molecular complexity index is 1520. The summed E-state index contributed by atoms with van der Waals surface area (Å²) in [6, 6.07) is 14.3. The lowest BCUT2D eigenvalue weighted by Crippen LogP contribution is -2.33. The molecule has 0 spiro atoms. The van der Waals surface area contributed by atoms with Crippen molar-refractivity contribution in [2.45, 2.75) is 38.6 Å². The Morgan fingerprint density at radius 3 is 2.39 bits per heavy atom. The third-order valence-corrected chi connectivity index (χ3v) is 7.13. The van der Waals surface area contributed by atoms with Crippen molar-refractivity contribution in [3.63, 3.8) is 0 Å². The van der Waals surface area contributed by atoms with Crippen molar-refractivity contribution in [2.24, 2.45) is 0 Å². The Balaban J connectivity index is 0.00000387. The van der Waals surface area contributed by atoms with Crippen LogP contribution in [0.4, 0.5) is 23.2 Å². The van der Waals surface area contributed by atoms with E-state index in [4.69, 9.17) is 4.74 Å². The van der Waals surface area contributed by atoms with Gasteiger partial charge in [0.1, 0.15) is 17.3 Å². The number of hydrogen-bond acceptors (Lipinski definition) is 5. The molecule has 1 amide bonds. The zero-order valence-electron chi connectivity index (χ0n) is 22.4. The van der Waals surface area contributed by atoms with Gasteiger partial charge in [-0.05, 0) is 73.2 Å². The number of ether oxygens (including phenoxy) is 2. The van der Waals surface area contributed by atoms with Gasteiger partial charge in [0.15, 0.2) is 0 Å². The number of nitrogens with one attached hydrogen (secondary N) is 1. The van der Waals surface area contributed by atoms with Crippen molar-refractivity contribution < 1.29 is 31.8 Å². The highest BCUT2D eigenvalue weighted by atomic mass is 35.5. The first-order valence-corrected chi connectivity index (χ1v) is 12.8. The van der Waals surface area contributed by atoms with Gasteiger partial charge in [-0.25, -0.2) is 8.91 Å². The minimum absolute atomic E-state index is 0. The van der Waals surface area contributed by atoms with E-state index >= 15 is 4.39 Å². The van der Waals surface area contributed by atoms with E-state index in [1.54, 1.807) is 55.1 Å². The van der Waals surface area contributed by atoms with E-state index < -0.39 is 6.36 Å². The summed E-state index contributed by atoms with van der Waals surface area (Å²) >= 11 is 0. The van der Waals surface area contributed by atoms with E-state index in [0.717, 1.165) is 5.69 Å². The number of carbonyl (C=O) groups is 1. The van der Waals surface area contributed by atoms with Crippen LogP contribution in [0.1, 0.15) is 45.9 Å². The summed E-state index contributed by atoms with van der Waals surface area (Å²) in [4.78, 5) is 15.0. The van der Waals surface area contributed by atoms with Crippen molar-refractivity contribution in [2.75, 3.05) is 25.1 Å². The molecule has 12 heteroatoms. The smallest absolute Gasteiger partial charge is 0.497 e. The molecule has 0 unspecified atom stereocenters. The normalized spacial score (nSPS) is 14.0. The van der Waals surface area contributed by atoms with E-state index in [0.29, 0.717) is 59.6 Å². The number of carbonyl (C=O) groups excluding carboxylic acids is 1. The molecule has 218 valence electrons. The molecule has 3 heterocycles. The van der Waals surface area contributed by atoms with Crippen molar-refractivity contribution in [1.29, 1.82) is 0 Å². The lowest BCUT2D eigenvalue weighted by Gasteiger charge is -2.34. The molecule has 1 saturated heterocycles. The molecule has 41 heavy (non-hydrogen) atoms. The number of halogens is 5. The summed E-state index contributed by atoms with van der Waals surface area (Å²) in [5.41, 5.74) is 3.68. The van der Waals surface area contributed by atoms with Gasteiger partial charge in [-0.1, -0.05) is 12.1 Å². The molecule has 0 atom stereocenters. The van der Waals surface area contributed by atoms with Gasteiger partial charge in [-0.15, -0.1) is 25.6 Å². The topological polar surface area (TPSA) is 68.1 Å². The number of rotatable bonds is 7. The number of alkyl halides is 3. The van der Waals surface area contributed by atoms with Crippen LogP contribution >= 0.6 is 12.4 Å². The zero-order chi connectivity index (χ0) is 28.4. The fourth-order valence-corrected chi connectivity index (χ4v) is 5.14. The number of aryl methyl sites for hydroxylation is 1. The number of nitrogens with zero attached hydrogens (tertiary/aromatic N) is 3. The van der Waals surface area contributed by atoms with Gasteiger partial charge < -0.3 is 19.7 Å². The molecule has 2 aromatic heterocycles. The van der Waals surface area contributed by atoms with E-state index in [2.05, 4.69) is 20.1 Å². The second kappa shape index (κ2) is 12.3. The van der Waals surface area contributed by atoms with Crippen LogP contribution < -0.4 is 19.7 Å². The molecule has 0 aliphatic carbocycles. The van der Waals surface area contributed by atoms with Crippen LogP contribution in [0, 0.1) is 12.7 Å². The second-order valence-electron chi connectivity index (χ2n) is 9.70. The number of piperidine rings is 1. The van der Waals surface area contributed by atoms with Crippen LogP contribution in [0.15, 0.2) is 60.8 Å². The lowest BCUT2D eigenvalue weighted by molar-refractivity contribution is -0.274. The van der Waals surface area contributed by atoms with Gasteiger partial charge in [-0.2, -0.15) is 5.10 Å². The molecule has 4 aromatic rings. The number of aromatic nitrogens is 2. The Morgan fingerprint density at radius 2 is 1.76 bits per heavy atom. The average Bonchev–Trinajstić information content (AvgIpc) is 3.26. The Labute approximate surface area is 240 Å². The number of hydrogen-bond donors (Lipinski definition) is 1. The van der Waals surface area contributed by atoms with Crippen molar-refractivity contribution >= 4 is 29.5 Å². The van der Waals surface area contributed by atoms with E-state index in [1.807, 2.05) is 6.07 Å². The maximum atomic E-state index is 15.1. The molecule has 1 fully saturated rings. The third kappa shape index (κ3) is 6.84. The van der Waals surface area contributed by atoms with Gasteiger partial charge in [0, 0.05) is 37.6 Å². The minimum Gasteiger partial charge on any atom is -0.497 e. The number of anilines is 1. The Morgan fingerprint density at radius 1 is 1.05 bits per heavy atom. The number of benzene rings is 2. The molecular formula is C29H29ClF4N4O3. The van der Waals surface area contributed by atoms with Crippen LogP contribution in [0.3, 0.4) is 0 Å². The molecule has 1 aliphatic heterocycles. The number of amides is 1. The van der Waals surface area contributed by atoms with Crippen LogP contribution in [0.2, 0.25) is 0 Å². The molecule has 1 aliphatic rings. The SMILES string of the molecule is COc1ccn2nc(C)c(C(=O)NCc3ccc(C4CCN(c5ccc(OC(F)(F)F)cc5)CC4)c(F)c3)c2c1.Cl. The molecule has 2 aromatic carbocycles. The average molecular weight is 593 g/mol. The summed E-state index contributed by atoms with van der Waals surface area (Å²) in [5, 5.41) is 7.23. The summed E-state index contributed by atoms with van der Waals surface area (Å²) in [5.74, 6) is -0.271. The molecule has 1 N–H and O–H groups in total. The standard InChI is InChI=1S/C29H28F4N4O3.ClH/c1-18-27(26-16-23(39-2)11-14-37(26)35-18)28(38)34-17-19-3-8-24(25(30)15-19)20-9-12-36(13-10-20)21-4-6-22(7-5-21)40-29(31,32)33;/h3-8,11,14-16,20H,9-10,12-13,17H2,1-2H3,(H,34,38);1H. The van der Waals surface area contributed by atoms with Gasteiger partial charge >= 0.3 is 6.36 Å². The summed E-state index contributed by atoms with van der Waals surface area (Å²) in [7, 11) is 1.55. The van der Waals surface area contributed by atoms with Gasteiger partial charge in [0.2, 0.25) is 0 Å². The zero-order valence-corrected chi connectivity index (χ0v) is 23.2. The van der Waals surface area contributed by atoms with Crippen LogP contribution in [0.5, 0.6) is 11.5 Å². The first kappa shape index (κ1) is 30.0. The third-order valence-electron chi connectivity index (χ3n) is 7.13. The monoisotopic (exact) mass is 592 g/mol. The maximum absolute atomic E-state index is 15.1. The van der Waals surface area contributed by atoms with Gasteiger partial charge in [0.05, 0.1) is 23.9 Å². The predicted octanol–water partition coefficient (Wildman–Crippen LogP) is 6.42. The summed E-state index contributed by atoms with van der Waals surface area (Å²) < 4.78 is 63.1. The quantitative estimate of drug-likeness (QED) is 0.251. The number of pyridine rings is 1. The van der Waals surface area contributed by atoms with E-state index in [-0.39, 0.29) is 42.3 Å². The van der Waals surface area contributed by atoms with Crippen molar-refractivity contribution in [1.82, 2.24) is 14.9 Å². The predicted molar refractivity (Wildman–Crippen MR) is 149 cm³/mol. The van der Waals surface area contributed by atoms with Gasteiger partial charge in [-0.3, -0.25) is 4.79 Å². The van der Waals surface area contributed by atoms with E-state index in [9.17, 15) is 18.0 Å². The van der Waals surface area contributed by atoms with Crippen LogP contribution in [0.25, 0.3) is 5.52 Å². The van der Waals surface area contributed by atoms with Crippen molar-refractivity contribution in [3.8, 4) is 11.5 Å². The maximum Gasteiger partial charge on any atom is 0.573 e. The highest BCUT2D eigenvalue weighted by molar-refractivity contribution is 6.02. The molecule has 0 bridgehead atoms. The van der Waals surface area contributed by atoms with Crippen LogP contribution in [-0.2, 0) is 6.54 Å². The Kier molecular flexibility index (Phi) is 8.96. The number of methoxy groups -OCH3 is 1. The molecule has 0 saturated carbocycles. The Hall–Kier alpha value is -3.99. The lowest BCUT2D eigenvalue weighted by atomic mass is 9.88. The van der Waals surface area contributed by atoms with Gasteiger partial charge in [0.25, 0.3) is 5.91 Å².